The SMILES string of the molecule is NCC#Cc1cn([C@H]2CC[C@@H](COP(=O)(O)OP(=O)(O)OP(=O)(O)O)O2)c(=O)nc1N. The Balaban J connectivity index is 2.01. The van der Waals surface area contributed by atoms with Gasteiger partial charge in [-0.2, -0.15) is 13.6 Å². The van der Waals surface area contributed by atoms with E-state index in [-0.39, 0.29) is 30.8 Å². The van der Waals surface area contributed by atoms with Crippen molar-refractivity contribution < 1.29 is 51.2 Å². The number of nitrogens with two attached hydrogens (primary N) is 2. The van der Waals surface area contributed by atoms with Crippen molar-refractivity contribution in [3.63, 3.8) is 0 Å². The average Bonchev–Trinajstić information content (AvgIpc) is 3.05. The lowest BCUT2D eigenvalue weighted by Crippen LogP contribution is -2.29. The minimum atomic E-state index is -5.61. The molecule has 0 saturated carbocycles. The minimum absolute atomic E-state index is 0.0567. The van der Waals surface area contributed by atoms with Crippen LogP contribution in [0.3, 0.4) is 0 Å². The summed E-state index contributed by atoms with van der Waals surface area (Å²) >= 11 is 0. The summed E-state index contributed by atoms with van der Waals surface area (Å²) in [6.45, 7) is -0.571. The van der Waals surface area contributed by atoms with E-state index in [1.54, 1.807) is 0 Å². The summed E-state index contributed by atoms with van der Waals surface area (Å²) in [5.41, 5.74) is 10.4. The van der Waals surface area contributed by atoms with E-state index in [1.807, 2.05) is 0 Å². The largest absolute Gasteiger partial charge is 0.490 e. The summed E-state index contributed by atoms with van der Waals surface area (Å²) < 4.78 is 52.0. The van der Waals surface area contributed by atoms with Gasteiger partial charge >= 0.3 is 29.2 Å². The van der Waals surface area contributed by atoms with Crippen molar-refractivity contribution in [1.82, 2.24) is 9.55 Å². The predicted octanol–water partition coefficient (Wildman–Crippen LogP) is -0.843. The van der Waals surface area contributed by atoms with E-state index in [0.29, 0.717) is 0 Å². The first-order valence-corrected chi connectivity index (χ1v) is 12.7. The highest BCUT2D eigenvalue weighted by Gasteiger charge is 2.41. The van der Waals surface area contributed by atoms with Crippen molar-refractivity contribution in [2.24, 2.45) is 5.73 Å². The first kappa shape index (κ1) is 25.8. The average molecular weight is 504 g/mol. The van der Waals surface area contributed by atoms with Crippen molar-refractivity contribution in [2.75, 3.05) is 18.9 Å². The normalized spacial score (nSPS) is 22.9. The van der Waals surface area contributed by atoms with Crippen LogP contribution in [-0.2, 0) is 31.6 Å². The molecule has 0 amide bonds. The molecule has 19 heteroatoms. The lowest BCUT2D eigenvalue weighted by molar-refractivity contribution is -0.0242. The number of aromatic nitrogens is 2. The molecule has 2 rings (SSSR count). The number of phosphoric acid groups is 3. The number of nitrogens with zero attached hydrogens (tertiary/aromatic N) is 2. The maximum Gasteiger partial charge on any atom is 0.490 e. The zero-order chi connectivity index (χ0) is 23.4. The van der Waals surface area contributed by atoms with E-state index in [2.05, 4.69) is 30.0 Å². The van der Waals surface area contributed by atoms with Crippen molar-refractivity contribution >= 4 is 29.3 Å². The van der Waals surface area contributed by atoms with Crippen LogP contribution in [-0.4, -0.2) is 48.4 Å². The highest BCUT2D eigenvalue weighted by atomic mass is 31.3. The molecule has 1 aliphatic heterocycles. The van der Waals surface area contributed by atoms with Gasteiger partial charge in [-0.15, -0.1) is 0 Å². The van der Waals surface area contributed by atoms with Gasteiger partial charge in [-0.3, -0.25) is 9.09 Å². The van der Waals surface area contributed by atoms with Gasteiger partial charge in [0.1, 0.15) is 12.0 Å². The van der Waals surface area contributed by atoms with Crippen molar-refractivity contribution in [3.8, 4) is 11.8 Å². The topological polar surface area (TPSA) is 256 Å². The quantitative estimate of drug-likeness (QED) is 0.186. The molecule has 4 atom stereocenters. The van der Waals surface area contributed by atoms with Crippen LogP contribution in [0.5, 0.6) is 0 Å². The molecule has 31 heavy (non-hydrogen) atoms. The molecule has 1 saturated heterocycles. The van der Waals surface area contributed by atoms with Crippen LogP contribution < -0.4 is 17.2 Å². The third kappa shape index (κ3) is 8.21. The van der Waals surface area contributed by atoms with Crippen LogP contribution >= 0.6 is 23.5 Å². The molecule has 0 aromatic carbocycles. The number of nitrogen functional groups attached to an aromatic ring is 1. The fourth-order valence-electron chi connectivity index (χ4n) is 2.42. The van der Waals surface area contributed by atoms with Gasteiger partial charge in [0.05, 0.1) is 24.8 Å². The zero-order valence-electron chi connectivity index (χ0n) is 15.5. The summed E-state index contributed by atoms with van der Waals surface area (Å²) in [6.07, 6.45) is 0.134. The minimum Gasteiger partial charge on any atom is -0.382 e. The molecule has 1 aromatic heterocycles. The molecule has 1 aromatic rings. The molecule has 0 spiro atoms. The molecule has 2 heterocycles. The molecule has 1 fully saturated rings. The molecular weight excluding hydrogens is 485 g/mol. The fraction of sp³-hybridized carbons (Fsp3) is 0.500. The monoisotopic (exact) mass is 504 g/mol. The zero-order valence-corrected chi connectivity index (χ0v) is 18.2. The Hall–Kier alpha value is -1.43. The molecule has 0 bridgehead atoms. The van der Waals surface area contributed by atoms with E-state index in [4.69, 9.17) is 30.9 Å². The molecule has 16 nitrogen and oxygen atoms in total. The smallest absolute Gasteiger partial charge is 0.382 e. The second-order valence-corrected chi connectivity index (χ2v) is 10.3. The lowest BCUT2D eigenvalue weighted by Gasteiger charge is -2.19. The highest BCUT2D eigenvalue weighted by Crippen LogP contribution is 2.66. The van der Waals surface area contributed by atoms with E-state index in [1.165, 1.54) is 6.20 Å². The van der Waals surface area contributed by atoms with Gasteiger partial charge < -0.3 is 35.8 Å². The van der Waals surface area contributed by atoms with Crippen molar-refractivity contribution in [1.29, 1.82) is 0 Å². The van der Waals surface area contributed by atoms with E-state index < -0.39 is 48.1 Å². The summed E-state index contributed by atoms with van der Waals surface area (Å²) in [5.74, 6) is 5.13. The van der Waals surface area contributed by atoms with Crippen LogP contribution in [0.1, 0.15) is 24.6 Å². The summed E-state index contributed by atoms with van der Waals surface area (Å²) in [5, 5.41) is 0. The van der Waals surface area contributed by atoms with E-state index in [0.717, 1.165) is 4.57 Å². The molecule has 1 aliphatic rings. The van der Waals surface area contributed by atoms with Gasteiger partial charge in [0.2, 0.25) is 0 Å². The molecular formula is C12H19N4O12P3. The highest BCUT2D eigenvalue weighted by molar-refractivity contribution is 7.66. The van der Waals surface area contributed by atoms with Crippen molar-refractivity contribution in [2.45, 2.75) is 25.2 Å². The van der Waals surface area contributed by atoms with Gasteiger partial charge in [0.25, 0.3) is 0 Å². The maximum atomic E-state index is 12.1. The van der Waals surface area contributed by atoms with Crippen LogP contribution in [0.4, 0.5) is 5.82 Å². The fourth-order valence-corrected chi connectivity index (χ4v) is 5.47. The Labute approximate surface area is 174 Å². The van der Waals surface area contributed by atoms with Crippen LogP contribution in [0.2, 0.25) is 0 Å². The summed E-state index contributed by atoms with van der Waals surface area (Å²) in [4.78, 5) is 51.3. The molecule has 2 unspecified atom stereocenters. The van der Waals surface area contributed by atoms with Crippen LogP contribution in [0, 0.1) is 11.8 Å². The number of anilines is 1. The van der Waals surface area contributed by atoms with Gasteiger partial charge in [-0.05, 0) is 12.8 Å². The standard InChI is InChI=1S/C12H19N4O12P3/c13-5-1-2-8-6-16(12(17)15-11(8)14)10-4-3-9(26-10)7-25-30(21,22)28-31(23,24)27-29(18,19)20/h6,9-10H,3-5,7,13H2,(H,21,22)(H,23,24)(H2,14,15,17)(H2,18,19,20)/t9-,10+/m0/s1. The van der Waals surface area contributed by atoms with Gasteiger partial charge in [0, 0.05) is 6.20 Å². The number of hydrogen-bond acceptors (Lipinski definition) is 11. The summed E-state index contributed by atoms with van der Waals surface area (Å²) in [7, 11) is -16.4. The number of hydrogen-bond donors (Lipinski definition) is 6. The summed E-state index contributed by atoms with van der Waals surface area (Å²) in [6, 6.07) is 0. The maximum absolute atomic E-state index is 12.1. The first-order valence-electron chi connectivity index (χ1n) is 8.23. The Bertz CT molecular complexity index is 1070. The van der Waals surface area contributed by atoms with Gasteiger partial charge in [-0.1, -0.05) is 11.8 Å². The second kappa shape index (κ2) is 10.0. The molecule has 8 N–H and O–H groups in total. The Morgan fingerprint density at radius 3 is 2.48 bits per heavy atom. The molecule has 174 valence electrons. The van der Waals surface area contributed by atoms with Gasteiger partial charge in [0.15, 0.2) is 0 Å². The van der Waals surface area contributed by atoms with E-state index in [9.17, 15) is 23.4 Å². The lowest BCUT2D eigenvalue weighted by atomic mass is 10.2. The Kier molecular flexibility index (Phi) is 8.34. The molecule has 0 radical (unpaired) electrons. The number of phosphoric ester groups is 1. The number of rotatable bonds is 8. The molecule has 0 aliphatic carbocycles. The first-order chi connectivity index (χ1) is 14.2. The second-order valence-electron chi connectivity index (χ2n) is 5.91. The van der Waals surface area contributed by atoms with E-state index >= 15 is 0 Å². The number of ether oxygens (including phenoxy) is 1. The Morgan fingerprint density at radius 2 is 1.87 bits per heavy atom. The van der Waals surface area contributed by atoms with Crippen molar-refractivity contribution in [3.05, 3.63) is 22.2 Å². The van der Waals surface area contributed by atoms with Crippen LogP contribution in [0.15, 0.2) is 11.0 Å². The third-order valence-electron chi connectivity index (χ3n) is 3.54. The third-order valence-corrected chi connectivity index (χ3v) is 7.34. The van der Waals surface area contributed by atoms with Gasteiger partial charge in [-0.25, -0.2) is 18.5 Å². The van der Waals surface area contributed by atoms with Crippen LogP contribution in [0.25, 0.3) is 0 Å². The Morgan fingerprint density at radius 1 is 1.19 bits per heavy atom. The predicted molar refractivity (Wildman–Crippen MR) is 102 cm³/mol.